The van der Waals surface area contributed by atoms with E-state index in [1.807, 2.05) is 0 Å². The molecule has 0 saturated heterocycles. The molecule has 1 N–H and O–H groups in total. The van der Waals surface area contributed by atoms with Gasteiger partial charge >= 0.3 is 5.76 Å². The van der Waals surface area contributed by atoms with Crippen LogP contribution < -0.4 is 5.32 Å². The van der Waals surface area contributed by atoms with Gasteiger partial charge in [-0.25, -0.2) is 8.42 Å². The van der Waals surface area contributed by atoms with Gasteiger partial charge in [0.15, 0.2) is 0 Å². The van der Waals surface area contributed by atoms with Gasteiger partial charge in [0.1, 0.15) is 0 Å². The fourth-order valence-corrected chi connectivity index (χ4v) is 3.86. The Balaban J connectivity index is 2.26. The summed E-state index contributed by atoms with van der Waals surface area (Å²) in [7, 11) is -4.58. The van der Waals surface area contributed by atoms with E-state index < -0.39 is 15.6 Å². The summed E-state index contributed by atoms with van der Waals surface area (Å²) in [6.45, 7) is 4.34. The quantitative estimate of drug-likeness (QED) is 0.911. The normalized spacial score (nSPS) is 22.2. The molecule has 118 valence electrons. The Kier molecular flexibility index (Phi) is 4.56. The number of anilines is 1. The Morgan fingerprint density at radius 2 is 1.95 bits per heavy atom. The first-order chi connectivity index (χ1) is 9.72. The molecule has 0 heterocycles. The highest BCUT2D eigenvalue weighted by Gasteiger charge is 2.31. The van der Waals surface area contributed by atoms with E-state index in [1.54, 1.807) is 12.1 Å². The van der Waals surface area contributed by atoms with Crippen molar-refractivity contribution in [3.63, 3.8) is 0 Å². The molecule has 1 saturated carbocycles. The minimum atomic E-state index is -4.58. The second-order valence-electron chi connectivity index (χ2n) is 6.40. The average molecular weight is 317 g/mol. The Bertz CT molecular complexity index is 599. The monoisotopic (exact) mass is 317 g/mol. The van der Waals surface area contributed by atoms with Gasteiger partial charge in [-0.05, 0) is 36.8 Å². The van der Waals surface area contributed by atoms with Crippen molar-refractivity contribution in [2.45, 2.75) is 56.2 Å². The number of nitrogens with one attached hydrogen (secondary N) is 1. The highest BCUT2D eigenvalue weighted by molar-refractivity contribution is 7.91. The Labute approximate surface area is 124 Å². The lowest BCUT2D eigenvalue weighted by atomic mass is 9.75. The molecular formula is C15H21F2NO2S. The van der Waals surface area contributed by atoms with Crippen molar-refractivity contribution >= 4 is 15.5 Å². The number of rotatable bonds is 4. The molecule has 0 aromatic heterocycles. The lowest BCUT2D eigenvalue weighted by Gasteiger charge is -2.36. The largest absolute Gasteiger partial charge is 0.381 e. The first-order valence-corrected chi connectivity index (χ1v) is 8.65. The number of halogens is 2. The van der Waals surface area contributed by atoms with Crippen LogP contribution in [0.3, 0.4) is 0 Å². The number of sulfone groups is 1. The van der Waals surface area contributed by atoms with Gasteiger partial charge in [-0.1, -0.05) is 32.4 Å². The van der Waals surface area contributed by atoms with Crippen LogP contribution in [-0.2, 0) is 9.84 Å². The third kappa shape index (κ3) is 3.73. The molecule has 6 heteroatoms. The molecule has 2 rings (SSSR count). The Morgan fingerprint density at radius 3 is 2.57 bits per heavy atom. The van der Waals surface area contributed by atoms with Gasteiger partial charge < -0.3 is 5.32 Å². The molecule has 1 aromatic carbocycles. The lowest BCUT2D eigenvalue weighted by Crippen LogP contribution is -2.32. The summed E-state index contributed by atoms with van der Waals surface area (Å²) in [5.74, 6) is -3.40. The van der Waals surface area contributed by atoms with E-state index in [0.29, 0.717) is 0 Å². The number of para-hydroxylation sites is 1. The molecule has 1 aromatic rings. The van der Waals surface area contributed by atoms with Crippen molar-refractivity contribution in [2.24, 2.45) is 5.41 Å². The van der Waals surface area contributed by atoms with Gasteiger partial charge in [0, 0.05) is 6.04 Å². The first-order valence-electron chi connectivity index (χ1n) is 7.10. The van der Waals surface area contributed by atoms with Crippen molar-refractivity contribution in [1.29, 1.82) is 0 Å². The maximum Gasteiger partial charge on any atom is 0.341 e. The van der Waals surface area contributed by atoms with Crippen LogP contribution in [0.25, 0.3) is 0 Å². The molecule has 3 nitrogen and oxygen atoms in total. The fraction of sp³-hybridized carbons (Fsp3) is 0.600. The van der Waals surface area contributed by atoms with Crippen LogP contribution in [0.15, 0.2) is 29.2 Å². The predicted molar refractivity (Wildman–Crippen MR) is 79.3 cm³/mol. The van der Waals surface area contributed by atoms with Gasteiger partial charge in [-0.15, -0.1) is 0 Å². The summed E-state index contributed by atoms with van der Waals surface area (Å²) in [5, 5.41) is 3.15. The number of hydrogen-bond acceptors (Lipinski definition) is 3. The van der Waals surface area contributed by atoms with Crippen molar-refractivity contribution in [3.8, 4) is 0 Å². The molecule has 1 aliphatic carbocycles. The summed E-state index contributed by atoms with van der Waals surface area (Å²) in [6.07, 6.45) is 4.00. The van der Waals surface area contributed by atoms with Crippen molar-refractivity contribution in [2.75, 3.05) is 5.32 Å². The third-order valence-electron chi connectivity index (χ3n) is 3.99. The molecule has 0 aliphatic heterocycles. The maximum atomic E-state index is 12.8. The second-order valence-corrected chi connectivity index (χ2v) is 8.29. The highest BCUT2D eigenvalue weighted by atomic mass is 32.2. The molecule has 1 fully saturated rings. The van der Waals surface area contributed by atoms with Crippen LogP contribution in [0.5, 0.6) is 0 Å². The minimum absolute atomic E-state index is 0.114. The van der Waals surface area contributed by atoms with Crippen molar-refractivity contribution < 1.29 is 17.2 Å². The summed E-state index contributed by atoms with van der Waals surface area (Å²) in [6, 6.07) is 6.02. The molecule has 0 bridgehead atoms. The number of alkyl halides is 2. The van der Waals surface area contributed by atoms with E-state index in [4.69, 9.17) is 0 Å². The van der Waals surface area contributed by atoms with Crippen molar-refractivity contribution in [1.82, 2.24) is 0 Å². The van der Waals surface area contributed by atoms with E-state index >= 15 is 0 Å². The Hall–Kier alpha value is -1.17. The SMILES string of the molecule is CC1(C)CCCC(Nc2ccccc2S(=O)(=O)C(F)F)C1. The van der Waals surface area contributed by atoms with Gasteiger partial charge in [0.25, 0.3) is 0 Å². The highest BCUT2D eigenvalue weighted by Crippen LogP contribution is 2.37. The molecule has 1 unspecified atom stereocenters. The van der Waals surface area contributed by atoms with E-state index in [-0.39, 0.29) is 22.0 Å². The summed E-state index contributed by atoms with van der Waals surface area (Å²) < 4.78 is 49.0. The smallest absolute Gasteiger partial charge is 0.341 e. The standard InChI is InChI=1S/C15H21F2NO2S/c1-15(2)9-5-6-11(10-15)18-12-7-3-4-8-13(12)21(19,20)14(16)17/h3-4,7-8,11,14,18H,5-6,9-10H2,1-2H3. The first kappa shape index (κ1) is 16.2. The third-order valence-corrected chi connectivity index (χ3v) is 5.43. The summed E-state index contributed by atoms with van der Waals surface area (Å²) >= 11 is 0. The van der Waals surface area contributed by atoms with E-state index in [0.717, 1.165) is 25.7 Å². The van der Waals surface area contributed by atoms with Crippen LogP contribution in [0, 0.1) is 5.41 Å². The molecule has 0 spiro atoms. The van der Waals surface area contributed by atoms with Gasteiger partial charge in [-0.3, -0.25) is 0 Å². The second kappa shape index (κ2) is 5.91. The van der Waals surface area contributed by atoms with Gasteiger partial charge in [0.2, 0.25) is 9.84 Å². The maximum absolute atomic E-state index is 12.8. The predicted octanol–water partition coefficient (Wildman–Crippen LogP) is 4.06. The van der Waals surface area contributed by atoms with E-state index in [2.05, 4.69) is 19.2 Å². The zero-order valence-electron chi connectivity index (χ0n) is 12.3. The summed E-state index contributed by atoms with van der Waals surface area (Å²) in [4.78, 5) is -0.316. The van der Waals surface area contributed by atoms with Crippen molar-refractivity contribution in [3.05, 3.63) is 24.3 Å². The van der Waals surface area contributed by atoms with Gasteiger partial charge in [-0.2, -0.15) is 8.78 Å². The molecule has 1 atom stereocenters. The topological polar surface area (TPSA) is 46.2 Å². The number of benzene rings is 1. The lowest BCUT2D eigenvalue weighted by molar-refractivity contribution is 0.229. The van der Waals surface area contributed by atoms with Gasteiger partial charge in [0.05, 0.1) is 10.6 Å². The van der Waals surface area contributed by atoms with E-state index in [9.17, 15) is 17.2 Å². The molecule has 0 amide bonds. The molecule has 21 heavy (non-hydrogen) atoms. The average Bonchev–Trinajstić information content (AvgIpc) is 2.37. The zero-order valence-corrected chi connectivity index (χ0v) is 13.1. The summed E-state index contributed by atoms with van der Waals surface area (Å²) in [5.41, 5.74) is 0.465. The Morgan fingerprint density at radius 1 is 1.29 bits per heavy atom. The van der Waals surface area contributed by atoms with Crippen LogP contribution in [-0.4, -0.2) is 20.2 Å². The molecular weight excluding hydrogens is 296 g/mol. The molecule has 1 aliphatic rings. The van der Waals surface area contributed by atoms with Crippen LogP contribution in [0.2, 0.25) is 0 Å². The fourth-order valence-electron chi connectivity index (χ4n) is 2.97. The minimum Gasteiger partial charge on any atom is -0.381 e. The zero-order chi connectivity index (χ0) is 15.7. The van der Waals surface area contributed by atoms with Crippen LogP contribution in [0.4, 0.5) is 14.5 Å². The number of hydrogen-bond donors (Lipinski definition) is 1. The van der Waals surface area contributed by atoms with Crippen LogP contribution in [0.1, 0.15) is 39.5 Å². The molecule has 0 radical (unpaired) electrons. The van der Waals surface area contributed by atoms with E-state index in [1.165, 1.54) is 12.1 Å². The van der Waals surface area contributed by atoms with Crippen LogP contribution >= 0.6 is 0 Å².